The fraction of sp³-hybridized carbons (Fsp3) is 0.778. The molecule has 0 bridgehead atoms. The molecule has 0 aromatic heterocycles. The van der Waals surface area contributed by atoms with Gasteiger partial charge in [-0.15, -0.1) is 0 Å². The molecule has 34 heavy (non-hydrogen) atoms. The molecule has 0 N–H and O–H groups in total. The van der Waals surface area contributed by atoms with Crippen LogP contribution in [0.5, 0.6) is 0 Å². The zero-order valence-electron chi connectivity index (χ0n) is 21.1. The van der Waals surface area contributed by atoms with Crippen molar-refractivity contribution in [3.63, 3.8) is 0 Å². The Morgan fingerprint density at radius 2 is 1.18 bits per heavy atom. The SMILES string of the molecule is CCCCCCCCC(C1CCC(c2c(F)c(F)c(F)c(F)c2F)CC1)C(C)(OCC)OCC. The summed E-state index contributed by atoms with van der Waals surface area (Å²) in [6.07, 6.45) is 9.92. The van der Waals surface area contributed by atoms with Crippen molar-refractivity contribution < 1.29 is 31.4 Å². The lowest BCUT2D eigenvalue weighted by atomic mass is 9.70. The first kappa shape index (κ1) is 29.0. The molecule has 1 atom stereocenters. The van der Waals surface area contributed by atoms with Gasteiger partial charge in [0, 0.05) is 24.7 Å². The Kier molecular flexibility index (Phi) is 11.8. The van der Waals surface area contributed by atoms with Gasteiger partial charge in [-0.1, -0.05) is 45.4 Å². The number of benzene rings is 1. The van der Waals surface area contributed by atoms with Crippen molar-refractivity contribution >= 4 is 0 Å². The Morgan fingerprint density at radius 3 is 1.68 bits per heavy atom. The molecule has 2 nitrogen and oxygen atoms in total. The van der Waals surface area contributed by atoms with Gasteiger partial charge in [-0.2, -0.15) is 0 Å². The maximum atomic E-state index is 14.4. The predicted octanol–water partition coefficient (Wildman–Crippen LogP) is 8.81. The molecule has 1 aliphatic rings. The van der Waals surface area contributed by atoms with Crippen LogP contribution in [0.4, 0.5) is 22.0 Å². The van der Waals surface area contributed by atoms with Gasteiger partial charge in [0.15, 0.2) is 29.1 Å². The Labute approximate surface area is 201 Å². The van der Waals surface area contributed by atoms with Crippen LogP contribution in [0.25, 0.3) is 0 Å². The van der Waals surface area contributed by atoms with E-state index in [1.165, 1.54) is 25.7 Å². The number of ether oxygens (including phenoxy) is 2. The molecule has 0 aliphatic heterocycles. The second kappa shape index (κ2) is 13.8. The third-order valence-electron chi connectivity index (χ3n) is 7.40. The van der Waals surface area contributed by atoms with Crippen molar-refractivity contribution in [3.05, 3.63) is 34.6 Å². The normalized spacial score (nSPS) is 20.0. The summed E-state index contributed by atoms with van der Waals surface area (Å²) in [5, 5.41) is 0. The van der Waals surface area contributed by atoms with E-state index in [1.54, 1.807) is 0 Å². The van der Waals surface area contributed by atoms with Gasteiger partial charge in [0.1, 0.15) is 0 Å². The lowest BCUT2D eigenvalue weighted by molar-refractivity contribution is -0.264. The third-order valence-corrected chi connectivity index (χ3v) is 7.40. The van der Waals surface area contributed by atoms with E-state index in [4.69, 9.17) is 9.47 Å². The van der Waals surface area contributed by atoms with Gasteiger partial charge < -0.3 is 9.47 Å². The van der Waals surface area contributed by atoms with E-state index >= 15 is 0 Å². The molecule has 0 heterocycles. The van der Waals surface area contributed by atoms with E-state index in [0.717, 1.165) is 19.3 Å². The number of hydrogen-bond donors (Lipinski definition) is 0. The molecule has 1 aliphatic carbocycles. The first-order chi connectivity index (χ1) is 16.2. The van der Waals surface area contributed by atoms with Crippen molar-refractivity contribution in [2.45, 2.75) is 110 Å². The van der Waals surface area contributed by atoms with Crippen molar-refractivity contribution in [1.82, 2.24) is 0 Å². The quantitative estimate of drug-likeness (QED) is 0.0849. The molecule has 0 radical (unpaired) electrons. The summed E-state index contributed by atoms with van der Waals surface area (Å²) in [7, 11) is 0. The second-order valence-electron chi connectivity index (χ2n) is 9.64. The molecule has 2 rings (SSSR count). The highest BCUT2D eigenvalue weighted by molar-refractivity contribution is 5.28. The van der Waals surface area contributed by atoms with Gasteiger partial charge in [-0.25, -0.2) is 22.0 Å². The summed E-state index contributed by atoms with van der Waals surface area (Å²) >= 11 is 0. The van der Waals surface area contributed by atoms with Crippen LogP contribution >= 0.6 is 0 Å². The van der Waals surface area contributed by atoms with E-state index in [9.17, 15) is 22.0 Å². The van der Waals surface area contributed by atoms with E-state index in [1.807, 2.05) is 20.8 Å². The Hall–Kier alpha value is -1.21. The van der Waals surface area contributed by atoms with Crippen molar-refractivity contribution in [3.8, 4) is 0 Å². The molecule has 1 fully saturated rings. The average molecular weight is 493 g/mol. The minimum atomic E-state index is -2.10. The van der Waals surface area contributed by atoms with Crippen LogP contribution in [-0.4, -0.2) is 19.0 Å². The van der Waals surface area contributed by atoms with Crippen molar-refractivity contribution in [2.75, 3.05) is 13.2 Å². The van der Waals surface area contributed by atoms with Gasteiger partial charge in [0.05, 0.1) is 0 Å². The molecule has 7 heteroatoms. The van der Waals surface area contributed by atoms with Crippen LogP contribution < -0.4 is 0 Å². The van der Waals surface area contributed by atoms with Gasteiger partial charge in [-0.3, -0.25) is 0 Å². The molecular formula is C27H41F5O2. The summed E-state index contributed by atoms with van der Waals surface area (Å²) in [5.74, 6) is -10.4. The smallest absolute Gasteiger partial charge is 0.200 e. The molecule has 1 unspecified atom stereocenters. The second-order valence-corrected chi connectivity index (χ2v) is 9.64. The van der Waals surface area contributed by atoms with E-state index < -0.39 is 46.4 Å². The minimum absolute atomic E-state index is 0.0934. The molecule has 196 valence electrons. The average Bonchev–Trinajstić information content (AvgIpc) is 2.82. The highest BCUT2D eigenvalue weighted by Gasteiger charge is 2.42. The van der Waals surface area contributed by atoms with E-state index in [-0.39, 0.29) is 11.8 Å². The van der Waals surface area contributed by atoms with Crippen LogP contribution in [0.1, 0.15) is 110 Å². The Balaban J connectivity index is 2.15. The third kappa shape index (κ3) is 6.93. The van der Waals surface area contributed by atoms with Gasteiger partial charge in [-0.05, 0) is 64.7 Å². The van der Waals surface area contributed by atoms with Gasteiger partial charge in [0.25, 0.3) is 0 Å². The minimum Gasteiger partial charge on any atom is -0.350 e. The first-order valence-electron chi connectivity index (χ1n) is 13.0. The van der Waals surface area contributed by atoms with Crippen LogP contribution in [0.2, 0.25) is 0 Å². The molecule has 0 spiro atoms. The number of hydrogen-bond acceptors (Lipinski definition) is 2. The van der Waals surface area contributed by atoms with Gasteiger partial charge >= 0.3 is 0 Å². The van der Waals surface area contributed by atoms with Gasteiger partial charge in [0.2, 0.25) is 5.82 Å². The van der Waals surface area contributed by atoms with Crippen LogP contribution in [0.3, 0.4) is 0 Å². The molecule has 0 amide bonds. The molecule has 1 saturated carbocycles. The fourth-order valence-corrected chi connectivity index (χ4v) is 5.69. The Morgan fingerprint density at radius 1 is 0.706 bits per heavy atom. The Bertz CT molecular complexity index is 727. The summed E-state index contributed by atoms with van der Waals surface area (Å²) in [5.41, 5.74) is -0.667. The summed E-state index contributed by atoms with van der Waals surface area (Å²) in [6.45, 7) is 9.03. The van der Waals surface area contributed by atoms with Crippen molar-refractivity contribution in [2.24, 2.45) is 11.8 Å². The van der Waals surface area contributed by atoms with Crippen molar-refractivity contribution in [1.29, 1.82) is 0 Å². The number of rotatable bonds is 14. The number of halogens is 5. The zero-order chi connectivity index (χ0) is 25.3. The standard InChI is InChI=1S/C27H41F5O2/c1-5-8-9-10-11-12-13-20(27(4,33-6-2)34-7-3)18-14-16-19(17-15-18)21-22(28)24(30)26(32)25(31)23(21)29/h18-20H,5-17H2,1-4H3. The highest BCUT2D eigenvalue weighted by Crippen LogP contribution is 2.46. The van der Waals surface area contributed by atoms with Crippen LogP contribution in [-0.2, 0) is 9.47 Å². The van der Waals surface area contributed by atoms with Crippen LogP contribution in [0, 0.1) is 40.9 Å². The largest absolute Gasteiger partial charge is 0.350 e. The lowest BCUT2D eigenvalue weighted by Gasteiger charge is -2.44. The summed E-state index contributed by atoms with van der Waals surface area (Å²) < 4.78 is 81.9. The molecule has 0 saturated heterocycles. The maximum Gasteiger partial charge on any atom is 0.200 e. The monoisotopic (exact) mass is 492 g/mol. The summed E-state index contributed by atoms with van der Waals surface area (Å²) in [6, 6.07) is 0. The highest BCUT2D eigenvalue weighted by atomic mass is 19.2. The topological polar surface area (TPSA) is 18.5 Å². The summed E-state index contributed by atoms with van der Waals surface area (Å²) in [4.78, 5) is 0. The predicted molar refractivity (Wildman–Crippen MR) is 124 cm³/mol. The zero-order valence-corrected chi connectivity index (χ0v) is 21.1. The first-order valence-corrected chi connectivity index (χ1v) is 13.0. The maximum absolute atomic E-state index is 14.4. The molecular weight excluding hydrogens is 451 g/mol. The van der Waals surface area contributed by atoms with E-state index in [2.05, 4.69) is 6.92 Å². The molecule has 1 aromatic carbocycles. The number of unbranched alkanes of at least 4 members (excludes halogenated alkanes) is 5. The lowest BCUT2D eigenvalue weighted by Crippen LogP contribution is -2.45. The molecule has 1 aromatic rings. The van der Waals surface area contributed by atoms with E-state index in [0.29, 0.717) is 38.9 Å². The van der Waals surface area contributed by atoms with Crippen LogP contribution in [0.15, 0.2) is 0 Å². The fourth-order valence-electron chi connectivity index (χ4n) is 5.69.